The molecular formula is C14H15BrN2O. The van der Waals surface area contributed by atoms with Gasteiger partial charge in [-0.1, -0.05) is 43.7 Å². The number of aromatic nitrogens is 2. The van der Waals surface area contributed by atoms with Crippen molar-refractivity contribution in [3.8, 4) is 0 Å². The van der Waals surface area contributed by atoms with E-state index in [0.717, 1.165) is 24.1 Å². The van der Waals surface area contributed by atoms with Gasteiger partial charge in [0.1, 0.15) is 4.47 Å². The van der Waals surface area contributed by atoms with Crippen LogP contribution >= 0.6 is 15.9 Å². The minimum Gasteiger partial charge on any atom is -0.294 e. The van der Waals surface area contributed by atoms with Gasteiger partial charge in [0.2, 0.25) is 0 Å². The number of rotatable bonds is 4. The number of hydrogen-bond donors (Lipinski definition) is 0. The molecule has 4 heteroatoms. The lowest BCUT2D eigenvalue weighted by Crippen LogP contribution is -2.23. The smallest absolute Gasteiger partial charge is 0.268 e. The van der Waals surface area contributed by atoms with Crippen LogP contribution in [0.3, 0.4) is 0 Å². The predicted molar refractivity (Wildman–Crippen MR) is 75.7 cm³/mol. The Kier molecular flexibility index (Phi) is 4.31. The molecule has 1 aromatic carbocycles. The highest BCUT2D eigenvalue weighted by atomic mass is 79.9. The van der Waals surface area contributed by atoms with Crippen LogP contribution in [-0.2, 0) is 13.0 Å². The van der Waals surface area contributed by atoms with Crippen LogP contribution < -0.4 is 5.56 Å². The summed E-state index contributed by atoms with van der Waals surface area (Å²) in [4.78, 5) is 16.5. The normalized spacial score (nSPS) is 10.6. The first kappa shape index (κ1) is 13.0. The molecule has 0 radical (unpaired) electrons. The average Bonchev–Trinajstić information content (AvgIpc) is 2.40. The summed E-state index contributed by atoms with van der Waals surface area (Å²) in [5, 5.41) is 0. The van der Waals surface area contributed by atoms with Crippen molar-refractivity contribution < 1.29 is 0 Å². The van der Waals surface area contributed by atoms with E-state index in [9.17, 15) is 4.79 Å². The highest BCUT2D eigenvalue weighted by molar-refractivity contribution is 9.10. The minimum absolute atomic E-state index is 0.0164. The van der Waals surface area contributed by atoms with Crippen molar-refractivity contribution in [2.45, 2.75) is 26.3 Å². The van der Waals surface area contributed by atoms with Gasteiger partial charge in [0.25, 0.3) is 5.56 Å². The quantitative estimate of drug-likeness (QED) is 0.870. The molecule has 2 rings (SSSR count). The molecular weight excluding hydrogens is 292 g/mol. The number of hydrogen-bond acceptors (Lipinski definition) is 2. The van der Waals surface area contributed by atoms with Crippen LogP contribution in [0.2, 0.25) is 0 Å². The van der Waals surface area contributed by atoms with E-state index in [-0.39, 0.29) is 5.56 Å². The fraction of sp³-hybridized carbons (Fsp3) is 0.286. The highest BCUT2D eigenvalue weighted by Gasteiger charge is 2.08. The van der Waals surface area contributed by atoms with E-state index < -0.39 is 0 Å². The van der Waals surface area contributed by atoms with Crippen LogP contribution in [0.15, 0.2) is 45.9 Å². The van der Waals surface area contributed by atoms with Gasteiger partial charge >= 0.3 is 0 Å². The summed E-state index contributed by atoms with van der Waals surface area (Å²) in [6, 6.07) is 9.90. The van der Waals surface area contributed by atoms with Crippen LogP contribution in [-0.4, -0.2) is 9.55 Å². The molecule has 0 aliphatic carbocycles. The second-order valence-electron chi connectivity index (χ2n) is 4.17. The van der Waals surface area contributed by atoms with Gasteiger partial charge in [0, 0.05) is 0 Å². The SMILES string of the molecule is CCCc1ncn(Cc2ccccc2)c(=O)c1Br. The molecule has 0 aliphatic rings. The number of aryl methyl sites for hydroxylation is 1. The Balaban J connectivity index is 2.30. The van der Waals surface area contributed by atoms with Gasteiger partial charge in [-0.2, -0.15) is 0 Å². The van der Waals surface area contributed by atoms with E-state index in [1.807, 2.05) is 30.3 Å². The second kappa shape index (κ2) is 5.96. The number of nitrogens with zero attached hydrogens (tertiary/aromatic N) is 2. The maximum atomic E-state index is 12.1. The standard InChI is InChI=1S/C14H15BrN2O/c1-2-6-12-13(15)14(18)17(10-16-12)9-11-7-4-3-5-8-11/h3-5,7-8,10H,2,6,9H2,1H3. The molecule has 2 aromatic rings. The summed E-state index contributed by atoms with van der Waals surface area (Å²) >= 11 is 3.35. The third kappa shape index (κ3) is 2.88. The van der Waals surface area contributed by atoms with Crippen LogP contribution in [0.4, 0.5) is 0 Å². The first-order valence-corrected chi connectivity index (χ1v) is 6.79. The zero-order valence-corrected chi connectivity index (χ0v) is 11.9. The molecule has 0 N–H and O–H groups in total. The van der Waals surface area contributed by atoms with Crippen molar-refractivity contribution in [3.05, 3.63) is 62.7 Å². The molecule has 0 bridgehead atoms. The summed E-state index contributed by atoms with van der Waals surface area (Å²) in [7, 11) is 0. The fourth-order valence-electron chi connectivity index (χ4n) is 1.80. The van der Waals surface area contributed by atoms with Crippen LogP contribution in [0.5, 0.6) is 0 Å². The van der Waals surface area contributed by atoms with Gasteiger partial charge in [0.05, 0.1) is 18.6 Å². The lowest BCUT2D eigenvalue weighted by molar-refractivity contribution is 0.711. The van der Waals surface area contributed by atoms with E-state index >= 15 is 0 Å². The summed E-state index contributed by atoms with van der Waals surface area (Å²) in [5.41, 5.74) is 1.92. The third-order valence-corrected chi connectivity index (χ3v) is 3.53. The summed E-state index contributed by atoms with van der Waals surface area (Å²) in [5.74, 6) is 0. The molecule has 94 valence electrons. The van der Waals surface area contributed by atoms with Gasteiger partial charge < -0.3 is 0 Å². The molecule has 0 atom stereocenters. The van der Waals surface area contributed by atoms with E-state index in [1.165, 1.54) is 0 Å². The Hall–Kier alpha value is -1.42. The molecule has 0 amide bonds. The first-order valence-electron chi connectivity index (χ1n) is 6.00. The lowest BCUT2D eigenvalue weighted by atomic mass is 10.2. The van der Waals surface area contributed by atoms with Crippen LogP contribution in [0.25, 0.3) is 0 Å². The highest BCUT2D eigenvalue weighted by Crippen LogP contribution is 2.11. The molecule has 0 unspecified atom stereocenters. The van der Waals surface area contributed by atoms with Crippen molar-refractivity contribution in [2.24, 2.45) is 0 Å². The maximum absolute atomic E-state index is 12.1. The second-order valence-corrected chi connectivity index (χ2v) is 4.97. The zero-order valence-electron chi connectivity index (χ0n) is 10.3. The van der Waals surface area contributed by atoms with Crippen LogP contribution in [0.1, 0.15) is 24.6 Å². The van der Waals surface area contributed by atoms with E-state index in [2.05, 4.69) is 27.8 Å². The Morgan fingerprint density at radius 3 is 2.67 bits per heavy atom. The van der Waals surface area contributed by atoms with Crippen molar-refractivity contribution in [2.75, 3.05) is 0 Å². The molecule has 0 saturated carbocycles. The van der Waals surface area contributed by atoms with Gasteiger partial charge in [-0.25, -0.2) is 4.98 Å². The van der Waals surface area contributed by atoms with E-state index in [1.54, 1.807) is 10.9 Å². The Labute approximate surface area is 115 Å². The molecule has 0 fully saturated rings. The Bertz CT molecular complexity index is 578. The van der Waals surface area contributed by atoms with E-state index in [0.29, 0.717) is 11.0 Å². The zero-order chi connectivity index (χ0) is 13.0. The largest absolute Gasteiger partial charge is 0.294 e. The van der Waals surface area contributed by atoms with Crippen molar-refractivity contribution >= 4 is 15.9 Å². The first-order chi connectivity index (χ1) is 8.72. The predicted octanol–water partition coefficient (Wildman–Crippen LogP) is 3.01. The summed E-state index contributed by atoms with van der Waals surface area (Å²) < 4.78 is 2.21. The van der Waals surface area contributed by atoms with Gasteiger partial charge in [-0.15, -0.1) is 0 Å². The average molecular weight is 307 g/mol. The molecule has 0 aliphatic heterocycles. The van der Waals surface area contributed by atoms with Crippen molar-refractivity contribution in [3.63, 3.8) is 0 Å². The van der Waals surface area contributed by atoms with Gasteiger partial charge in [-0.3, -0.25) is 9.36 Å². The van der Waals surface area contributed by atoms with Crippen molar-refractivity contribution in [1.29, 1.82) is 0 Å². The Morgan fingerprint density at radius 2 is 2.00 bits per heavy atom. The Morgan fingerprint density at radius 1 is 1.28 bits per heavy atom. The topological polar surface area (TPSA) is 34.9 Å². The molecule has 1 aromatic heterocycles. The minimum atomic E-state index is -0.0164. The van der Waals surface area contributed by atoms with Crippen LogP contribution in [0, 0.1) is 0 Å². The van der Waals surface area contributed by atoms with Crippen molar-refractivity contribution in [1.82, 2.24) is 9.55 Å². The van der Waals surface area contributed by atoms with E-state index in [4.69, 9.17) is 0 Å². The molecule has 3 nitrogen and oxygen atoms in total. The summed E-state index contributed by atoms with van der Waals surface area (Å²) in [6.07, 6.45) is 3.43. The monoisotopic (exact) mass is 306 g/mol. The maximum Gasteiger partial charge on any atom is 0.268 e. The number of benzene rings is 1. The molecule has 0 saturated heterocycles. The molecule has 0 spiro atoms. The lowest BCUT2D eigenvalue weighted by Gasteiger charge is -2.08. The summed E-state index contributed by atoms with van der Waals surface area (Å²) in [6.45, 7) is 2.63. The van der Waals surface area contributed by atoms with Gasteiger partial charge in [0.15, 0.2) is 0 Å². The fourth-order valence-corrected chi connectivity index (χ4v) is 2.33. The third-order valence-electron chi connectivity index (χ3n) is 2.74. The molecule has 18 heavy (non-hydrogen) atoms. The molecule has 1 heterocycles. The number of halogens is 1. The van der Waals surface area contributed by atoms with Gasteiger partial charge in [-0.05, 0) is 27.9 Å².